The van der Waals surface area contributed by atoms with Gasteiger partial charge < -0.3 is 10.4 Å². The van der Waals surface area contributed by atoms with Gasteiger partial charge in [0.1, 0.15) is 5.75 Å². The number of phenolic OH excluding ortho intramolecular Hbond substituents is 1. The second kappa shape index (κ2) is 5.78. The largest absolute Gasteiger partial charge is 0.506 e. The summed E-state index contributed by atoms with van der Waals surface area (Å²) in [6.07, 6.45) is 2.56. The van der Waals surface area contributed by atoms with Crippen LogP contribution in [0.25, 0.3) is 0 Å². The van der Waals surface area contributed by atoms with E-state index >= 15 is 0 Å². The Kier molecular flexibility index (Phi) is 3.84. The van der Waals surface area contributed by atoms with Crippen LogP contribution >= 0.6 is 11.6 Å². The number of nitrogens with one attached hydrogen (secondary N) is 1. The summed E-state index contributed by atoms with van der Waals surface area (Å²) in [6.45, 7) is 0. The maximum Gasteiger partial charge on any atom is 0.227 e. The van der Waals surface area contributed by atoms with Crippen LogP contribution in [-0.4, -0.2) is 11.0 Å². The van der Waals surface area contributed by atoms with Gasteiger partial charge in [0.2, 0.25) is 5.91 Å². The van der Waals surface area contributed by atoms with Crippen LogP contribution in [0.3, 0.4) is 0 Å². The Hall–Kier alpha value is -2.00. The normalized spacial score (nSPS) is 17.1. The van der Waals surface area contributed by atoms with Crippen molar-refractivity contribution in [3.05, 3.63) is 58.6 Å². The van der Waals surface area contributed by atoms with E-state index in [1.54, 1.807) is 12.1 Å². The molecule has 2 aromatic rings. The Morgan fingerprint density at radius 3 is 2.71 bits per heavy atom. The molecule has 3 rings (SSSR count). The van der Waals surface area contributed by atoms with Gasteiger partial charge in [0.05, 0.1) is 5.02 Å². The molecule has 0 radical (unpaired) electrons. The summed E-state index contributed by atoms with van der Waals surface area (Å²) >= 11 is 5.85. The van der Waals surface area contributed by atoms with Crippen molar-refractivity contribution in [1.82, 2.24) is 0 Å². The molecule has 4 heteroatoms. The molecule has 1 aliphatic rings. The van der Waals surface area contributed by atoms with Crippen LogP contribution in [0.15, 0.2) is 42.5 Å². The number of benzene rings is 2. The second-order valence-electron chi connectivity index (χ2n) is 5.36. The first-order valence-electron chi connectivity index (χ1n) is 6.99. The SMILES string of the molecule is O=C(Nc1ccc(O)c(Cl)c1)C1CCc2ccccc2C1. The van der Waals surface area contributed by atoms with Crippen LogP contribution in [0, 0.1) is 5.92 Å². The number of carbonyl (C=O) groups excluding carboxylic acids is 1. The van der Waals surface area contributed by atoms with Gasteiger partial charge in [-0.05, 0) is 48.6 Å². The third-order valence-electron chi connectivity index (χ3n) is 3.93. The molecule has 2 N–H and O–H groups in total. The predicted molar refractivity (Wildman–Crippen MR) is 83.7 cm³/mol. The number of rotatable bonds is 2. The van der Waals surface area contributed by atoms with E-state index in [0.717, 1.165) is 19.3 Å². The topological polar surface area (TPSA) is 49.3 Å². The third kappa shape index (κ3) is 3.03. The lowest BCUT2D eigenvalue weighted by Gasteiger charge is -2.23. The van der Waals surface area contributed by atoms with Crippen LogP contribution < -0.4 is 5.32 Å². The van der Waals surface area contributed by atoms with E-state index in [-0.39, 0.29) is 22.6 Å². The van der Waals surface area contributed by atoms with Crippen molar-refractivity contribution in [3.63, 3.8) is 0 Å². The highest BCUT2D eigenvalue weighted by Gasteiger charge is 2.24. The van der Waals surface area contributed by atoms with E-state index in [4.69, 9.17) is 11.6 Å². The van der Waals surface area contributed by atoms with Gasteiger partial charge in [-0.1, -0.05) is 35.9 Å². The number of hydrogen-bond acceptors (Lipinski definition) is 2. The first-order valence-corrected chi connectivity index (χ1v) is 7.37. The van der Waals surface area contributed by atoms with Gasteiger partial charge in [-0.2, -0.15) is 0 Å². The van der Waals surface area contributed by atoms with Crippen molar-refractivity contribution < 1.29 is 9.90 Å². The number of amides is 1. The first-order chi connectivity index (χ1) is 10.1. The van der Waals surface area contributed by atoms with Crippen molar-refractivity contribution in [1.29, 1.82) is 0 Å². The summed E-state index contributed by atoms with van der Waals surface area (Å²) in [5, 5.41) is 12.5. The van der Waals surface area contributed by atoms with Crippen LogP contribution in [0.1, 0.15) is 17.5 Å². The van der Waals surface area contributed by atoms with E-state index in [1.165, 1.54) is 17.2 Å². The number of hydrogen-bond donors (Lipinski definition) is 2. The molecule has 0 fully saturated rings. The van der Waals surface area contributed by atoms with Crippen LogP contribution in [0.2, 0.25) is 5.02 Å². The average molecular weight is 302 g/mol. The fraction of sp³-hybridized carbons (Fsp3) is 0.235. The fourth-order valence-corrected chi connectivity index (χ4v) is 2.93. The van der Waals surface area contributed by atoms with Gasteiger partial charge >= 0.3 is 0 Å². The molecule has 0 saturated heterocycles. The molecule has 0 aromatic heterocycles. The van der Waals surface area contributed by atoms with Crippen molar-refractivity contribution >= 4 is 23.2 Å². The Morgan fingerprint density at radius 2 is 1.95 bits per heavy atom. The molecule has 0 saturated carbocycles. The van der Waals surface area contributed by atoms with Crippen LogP contribution in [0.5, 0.6) is 5.75 Å². The van der Waals surface area contributed by atoms with Gasteiger partial charge in [-0.15, -0.1) is 0 Å². The smallest absolute Gasteiger partial charge is 0.227 e. The van der Waals surface area contributed by atoms with Crippen molar-refractivity contribution in [2.24, 2.45) is 5.92 Å². The average Bonchev–Trinajstić information content (AvgIpc) is 2.50. The molecule has 0 spiro atoms. The Morgan fingerprint density at radius 1 is 1.19 bits per heavy atom. The zero-order chi connectivity index (χ0) is 14.8. The molecule has 1 atom stereocenters. The summed E-state index contributed by atoms with van der Waals surface area (Å²) in [5.41, 5.74) is 3.21. The molecule has 3 nitrogen and oxygen atoms in total. The number of fused-ring (bicyclic) bond motifs is 1. The maximum atomic E-state index is 12.4. The molecule has 0 bridgehead atoms. The lowest BCUT2D eigenvalue weighted by molar-refractivity contribution is -0.120. The Balaban J connectivity index is 1.70. The molecule has 2 aromatic carbocycles. The maximum absolute atomic E-state index is 12.4. The van der Waals surface area contributed by atoms with E-state index in [1.807, 2.05) is 12.1 Å². The molecule has 108 valence electrons. The zero-order valence-corrected chi connectivity index (χ0v) is 12.2. The van der Waals surface area contributed by atoms with Gasteiger partial charge in [0.25, 0.3) is 0 Å². The number of aromatic hydroxyl groups is 1. The van der Waals surface area contributed by atoms with Gasteiger partial charge in [-0.3, -0.25) is 4.79 Å². The van der Waals surface area contributed by atoms with E-state index < -0.39 is 0 Å². The molecule has 21 heavy (non-hydrogen) atoms. The number of aryl methyl sites for hydroxylation is 1. The highest BCUT2D eigenvalue weighted by molar-refractivity contribution is 6.32. The van der Waals surface area contributed by atoms with E-state index in [2.05, 4.69) is 17.4 Å². The summed E-state index contributed by atoms with van der Waals surface area (Å²) in [6, 6.07) is 13.0. The van der Waals surface area contributed by atoms with Crippen molar-refractivity contribution in [2.75, 3.05) is 5.32 Å². The number of halogens is 1. The lowest BCUT2D eigenvalue weighted by Crippen LogP contribution is -2.28. The molecular formula is C17H16ClNO2. The van der Waals surface area contributed by atoms with Gasteiger partial charge in [0, 0.05) is 11.6 Å². The minimum absolute atomic E-state index is 0.00580. The Bertz CT molecular complexity index is 684. The van der Waals surface area contributed by atoms with Crippen LogP contribution in [-0.2, 0) is 17.6 Å². The van der Waals surface area contributed by atoms with Crippen molar-refractivity contribution in [3.8, 4) is 5.75 Å². The molecule has 1 aliphatic carbocycles. The molecular weight excluding hydrogens is 286 g/mol. The van der Waals surface area contributed by atoms with Gasteiger partial charge in [-0.25, -0.2) is 0 Å². The standard InChI is InChI=1S/C17H16ClNO2/c18-15-10-14(7-8-16(15)20)19-17(21)13-6-5-11-3-1-2-4-12(11)9-13/h1-4,7-8,10,13,20H,5-6,9H2,(H,19,21). The predicted octanol–water partition coefficient (Wildman–Crippen LogP) is 3.79. The molecule has 0 heterocycles. The van der Waals surface area contributed by atoms with E-state index in [9.17, 15) is 9.90 Å². The highest BCUT2D eigenvalue weighted by atomic mass is 35.5. The molecule has 1 unspecified atom stereocenters. The second-order valence-corrected chi connectivity index (χ2v) is 5.77. The summed E-state index contributed by atoms with van der Waals surface area (Å²) < 4.78 is 0. The van der Waals surface area contributed by atoms with E-state index in [0.29, 0.717) is 5.69 Å². The molecule has 1 amide bonds. The summed E-state index contributed by atoms with van der Waals surface area (Å²) in [5.74, 6) is -0.00000232. The first kappa shape index (κ1) is 14.0. The number of phenols is 1. The minimum Gasteiger partial charge on any atom is -0.506 e. The fourth-order valence-electron chi connectivity index (χ4n) is 2.75. The van der Waals surface area contributed by atoms with Gasteiger partial charge in [0.15, 0.2) is 0 Å². The highest BCUT2D eigenvalue weighted by Crippen LogP contribution is 2.29. The van der Waals surface area contributed by atoms with Crippen molar-refractivity contribution in [2.45, 2.75) is 19.3 Å². The minimum atomic E-state index is -0.0209. The zero-order valence-electron chi connectivity index (χ0n) is 11.5. The lowest BCUT2D eigenvalue weighted by atomic mass is 9.83. The number of carbonyl (C=O) groups is 1. The summed E-state index contributed by atoms with van der Waals surface area (Å²) in [4.78, 5) is 12.4. The third-order valence-corrected chi connectivity index (χ3v) is 4.24. The summed E-state index contributed by atoms with van der Waals surface area (Å²) in [7, 11) is 0. The quantitative estimate of drug-likeness (QED) is 0.829. The Labute approximate surface area is 128 Å². The molecule has 0 aliphatic heterocycles. The number of anilines is 1. The van der Waals surface area contributed by atoms with Crippen LogP contribution in [0.4, 0.5) is 5.69 Å². The monoisotopic (exact) mass is 301 g/mol.